The summed E-state index contributed by atoms with van der Waals surface area (Å²) in [6.45, 7) is 9.59. The van der Waals surface area contributed by atoms with Gasteiger partial charge in [-0.25, -0.2) is 0 Å². The van der Waals surface area contributed by atoms with Gasteiger partial charge in [-0.15, -0.1) is 0 Å². The maximum Gasteiger partial charge on any atom is 0.0540 e. The largest absolute Gasteiger partial charge is 0.310 e. The van der Waals surface area contributed by atoms with Gasteiger partial charge in [0.25, 0.3) is 0 Å². The monoisotopic (exact) mass is 555 g/mol. The highest BCUT2D eigenvalue weighted by Gasteiger charge is 2.46. The van der Waals surface area contributed by atoms with Crippen LogP contribution in [0.4, 0.5) is 17.1 Å². The van der Waals surface area contributed by atoms with Crippen LogP contribution >= 0.6 is 0 Å². The first kappa shape index (κ1) is 27.0. The minimum absolute atomic E-state index is 0.00230. The molecule has 0 unspecified atom stereocenters. The summed E-state index contributed by atoms with van der Waals surface area (Å²) in [7, 11) is 0. The van der Waals surface area contributed by atoms with Crippen molar-refractivity contribution in [3.05, 3.63) is 163 Å². The lowest BCUT2D eigenvalue weighted by atomic mass is 9.55. The quantitative estimate of drug-likeness (QED) is 0.204. The molecule has 1 heteroatoms. The Hall–Kier alpha value is -4.88. The minimum Gasteiger partial charge on any atom is -0.310 e. The fraction of sp³-hybridized carbons (Fsp3) is 0.143. The highest BCUT2D eigenvalue weighted by atomic mass is 15.1. The molecule has 0 fully saturated rings. The van der Waals surface area contributed by atoms with E-state index < -0.39 is 0 Å². The second-order valence-corrected chi connectivity index (χ2v) is 12.6. The molecular weight excluding hydrogens is 518 g/mol. The molecule has 6 aromatic carbocycles. The molecule has 210 valence electrons. The third-order valence-corrected chi connectivity index (χ3v) is 9.83. The first-order chi connectivity index (χ1) is 20.9. The summed E-state index contributed by atoms with van der Waals surface area (Å²) in [5.74, 6) is 0. The lowest BCUT2D eigenvalue weighted by Crippen LogP contribution is -2.43. The standard InChI is InChI=1S/C42H37N/c1-41(2)37-26-13-11-24-36(37)40-35(25-16-27-38(40)42(41,3)4)31-19-15-22-33(29-31)43(32-20-9-6-10-21-32)39-28-14-12-23-34(39)30-17-7-5-8-18-30/h5-29H,1-4H3. The first-order valence-corrected chi connectivity index (χ1v) is 15.2. The maximum atomic E-state index is 2.40. The van der Waals surface area contributed by atoms with Crippen LogP contribution in [0.2, 0.25) is 0 Å². The van der Waals surface area contributed by atoms with Crippen molar-refractivity contribution in [2.45, 2.75) is 38.5 Å². The van der Waals surface area contributed by atoms with Crippen molar-refractivity contribution in [2.24, 2.45) is 0 Å². The van der Waals surface area contributed by atoms with E-state index in [9.17, 15) is 0 Å². The van der Waals surface area contributed by atoms with Gasteiger partial charge < -0.3 is 4.90 Å². The molecule has 0 saturated heterocycles. The third-order valence-electron chi connectivity index (χ3n) is 9.83. The summed E-state index contributed by atoms with van der Waals surface area (Å²) < 4.78 is 0. The van der Waals surface area contributed by atoms with E-state index in [-0.39, 0.29) is 10.8 Å². The number of rotatable bonds is 5. The van der Waals surface area contributed by atoms with Gasteiger partial charge in [-0.3, -0.25) is 0 Å². The maximum absolute atomic E-state index is 2.40. The molecule has 0 bridgehead atoms. The number of nitrogens with zero attached hydrogens (tertiary/aromatic N) is 1. The predicted octanol–water partition coefficient (Wildman–Crippen LogP) is 11.7. The summed E-state index contributed by atoms with van der Waals surface area (Å²) in [5, 5.41) is 0. The second-order valence-electron chi connectivity index (χ2n) is 12.6. The molecule has 0 saturated carbocycles. The Morgan fingerprint density at radius 3 is 1.67 bits per heavy atom. The van der Waals surface area contributed by atoms with Crippen molar-refractivity contribution in [3.63, 3.8) is 0 Å². The molecule has 0 N–H and O–H groups in total. The molecule has 1 nitrogen and oxygen atoms in total. The van der Waals surface area contributed by atoms with Gasteiger partial charge in [-0.1, -0.05) is 149 Å². The topological polar surface area (TPSA) is 3.24 Å². The van der Waals surface area contributed by atoms with Crippen molar-refractivity contribution >= 4 is 17.1 Å². The van der Waals surface area contributed by atoms with Crippen LogP contribution in [0, 0.1) is 0 Å². The molecule has 0 radical (unpaired) electrons. The SMILES string of the molecule is CC1(C)c2ccccc2-c2c(-c3cccc(N(c4ccccc4)c4ccccc4-c4ccccc4)c3)cccc2C1(C)C. The summed E-state index contributed by atoms with van der Waals surface area (Å²) in [4.78, 5) is 2.39. The fourth-order valence-electron chi connectivity index (χ4n) is 6.87. The summed E-state index contributed by atoms with van der Waals surface area (Å²) in [5.41, 5.74) is 13.8. The van der Waals surface area contributed by atoms with E-state index in [0.717, 1.165) is 17.1 Å². The van der Waals surface area contributed by atoms with Gasteiger partial charge >= 0.3 is 0 Å². The normalized spacial score (nSPS) is 14.4. The van der Waals surface area contributed by atoms with E-state index in [0.29, 0.717) is 0 Å². The van der Waals surface area contributed by atoms with Crippen molar-refractivity contribution in [1.29, 1.82) is 0 Å². The third kappa shape index (κ3) is 4.39. The van der Waals surface area contributed by atoms with Crippen LogP contribution in [0.25, 0.3) is 33.4 Å². The van der Waals surface area contributed by atoms with Crippen LogP contribution in [-0.2, 0) is 10.8 Å². The van der Waals surface area contributed by atoms with Crippen LogP contribution in [0.1, 0.15) is 38.8 Å². The van der Waals surface area contributed by atoms with Gasteiger partial charge in [0.15, 0.2) is 0 Å². The van der Waals surface area contributed by atoms with E-state index in [1.54, 1.807) is 0 Å². The van der Waals surface area contributed by atoms with E-state index in [1.807, 2.05) is 0 Å². The lowest BCUT2D eigenvalue weighted by molar-refractivity contribution is 0.299. The Kier molecular flexibility index (Phi) is 6.55. The number of anilines is 3. The van der Waals surface area contributed by atoms with Crippen LogP contribution in [-0.4, -0.2) is 0 Å². The number of hydrogen-bond acceptors (Lipinski definition) is 1. The van der Waals surface area contributed by atoms with Gasteiger partial charge in [0.05, 0.1) is 5.69 Å². The number of hydrogen-bond donors (Lipinski definition) is 0. The van der Waals surface area contributed by atoms with Gasteiger partial charge in [0.1, 0.15) is 0 Å². The highest BCUT2D eigenvalue weighted by Crippen LogP contribution is 2.56. The Labute approximate surface area is 256 Å². The van der Waals surface area contributed by atoms with Crippen molar-refractivity contribution in [3.8, 4) is 33.4 Å². The first-order valence-electron chi connectivity index (χ1n) is 15.2. The average Bonchev–Trinajstić information content (AvgIpc) is 3.05. The molecule has 6 aromatic rings. The Bertz CT molecular complexity index is 1910. The zero-order valence-electron chi connectivity index (χ0n) is 25.4. The van der Waals surface area contributed by atoms with Crippen molar-refractivity contribution in [1.82, 2.24) is 0 Å². The molecule has 0 aliphatic heterocycles. The molecule has 0 atom stereocenters. The highest BCUT2D eigenvalue weighted by molar-refractivity contribution is 5.93. The van der Waals surface area contributed by atoms with Crippen LogP contribution in [0.15, 0.2) is 152 Å². The molecule has 1 aliphatic carbocycles. The number of fused-ring (bicyclic) bond motifs is 3. The van der Waals surface area contributed by atoms with E-state index >= 15 is 0 Å². The summed E-state index contributed by atoms with van der Waals surface area (Å²) >= 11 is 0. The lowest BCUT2D eigenvalue weighted by Gasteiger charge is -2.48. The van der Waals surface area contributed by atoms with Crippen molar-refractivity contribution in [2.75, 3.05) is 4.90 Å². The molecule has 0 amide bonds. The van der Waals surface area contributed by atoms with Gasteiger partial charge in [-0.2, -0.15) is 0 Å². The van der Waals surface area contributed by atoms with Crippen LogP contribution in [0.5, 0.6) is 0 Å². The molecule has 1 aliphatic rings. The average molecular weight is 556 g/mol. The summed E-state index contributed by atoms with van der Waals surface area (Å²) in [6.07, 6.45) is 0. The van der Waals surface area contributed by atoms with E-state index in [2.05, 4.69) is 184 Å². The Morgan fingerprint density at radius 2 is 0.907 bits per heavy atom. The van der Waals surface area contributed by atoms with E-state index in [1.165, 1.54) is 44.5 Å². The zero-order chi connectivity index (χ0) is 29.6. The smallest absolute Gasteiger partial charge is 0.0540 e. The Morgan fingerprint density at radius 1 is 0.395 bits per heavy atom. The molecule has 0 aromatic heterocycles. The molecular formula is C42H37N. The fourth-order valence-corrected chi connectivity index (χ4v) is 6.87. The van der Waals surface area contributed by atoms with Gasteiger partial charge in [0, 0.05) is 16.9 Å². The zero-order valence-corrected chi connectivity index (χ0v) is 25.4. The number of benzene rings is 6. The second kappa shape index (κ2) is 10.4. The van der Waals surface area contributed by atoms with Crippen molar-refractivity contribution < 1.29 is 0 Å². The minimum atomic E-state index is -0.0327. The molecule has 0 spiro atoms. The number of para-hydroxylation sites is 2. The van der Waals surface area contributed by atoms with E-state index in [4.69, 9.17) is 0 Å². The van der Waals surface area contributed by atoms with Gasteiger partial charge in [0.2, 0.25) is 0 Å². The summed E-state index contributed by atoms with van der Waals surface area (Å²) in [6, 6.07) is 55.0. The van der Waals surface area contributed by atoms with Crippen LogP contribution < -0.4 is 4.90 Å². The molecule has 0 heterocycles. The van der Waals surface area contributed by atoms with Gasteiger partial charge in [-0.05, 0) is 80.1 Å². The Balaban J connectivity index is 1.44. The molecule has 43 heavy (non-hydrogen) atoms. The molecule has 7 rings (SSSR count). The predicted molar refractivity (Wildman–Crippen MR) is 183 cm³/mol. The van der Waals surface area contributed by atoms with Crippen LogP contribution in [0.3, 0.4) is 0 Å².